The average Bonchev–Trinajstić information content (AvgIpc) is 1.56. The molecule has 148 heavy (non-hydrogen) atoms. The number of benzene rings is 23. The smallest absolute Gasteiger partial charge is 0.0795 e. The van der Waals surface area contributed by atoms with Crippen molar-refractivity contribution in [1.82, 2.24) is 36.5 Å². The average molecular weight is 1910 g/mol. The van der Waals surface area contributed by atoms with Gasteiger partial charge < -0.3 is 36.5 Å². The summed E-state index contributed by atoms with van der Waals surface area (Å²) in [5.74, 6) is 0. The summed E-state index contributed by atoms with van der Waals surface area (Å²) in [4.78, 5) is 0. The fourth-order valence-electron chi connectivity index (χ4n) is 24.3. The van der Waals surface area contributed by atoms with Crippen molar-refractivity contribution >= 4 is 206 Å². The fourth-order valence-corrected chi connectivity index (χ4v) is 25.6. The molecule has 8 nitrogen and oxygen atoms in total. The molecule has 0 aliphatic rings. The first kappa shape index (κ1) is 85.5. The van der Waals surface area contributed by atoms with E-state index >= 15 is 0 Å². The van der Waals surface area contributed by atoms with Crippen LogP contribution in [-0.4, -0.2) is 36.5 Å². The number of hydrogen-bond donors (Lipinski definition) is 0. The Balaban J connectivity index is 0.000000105. The zero-order valence-corrected chi connectivity index (χ0v) is 80.6. The van der Waals surface area contributed by atoms with Gasteiger partial charge in [0.25, 0.3) is 0 Å². The van der Waals surface area contributed by atoms with Gasteiger partial charge in [-0.15, -0.1) is 11.3 Å². The summed E-state index contributed by atoms with van der Waals surface area (Å²) >= 11 is 1.89. The first-order valence-corrected chi connectivity index (χ1v) is 51.3. The molecule has 0 N–H and O–H groups in total. The second-order valence-corrected chi connectivity index (χ2v) is 39.5. The Morgan fingerprint density at radius 3 is 0.818 bits per heavy atom. The molecule has 0 fully saturated rings. The lowest BCUT2D eigenvalue weighted by molar-refractivity contribution is 1.15. The molecule has 0 unspecified atom stereocenters. The molecular formula is C139H92N8S. The molecule has 0 radical (unpaired) electrons. The van der Waals surface area contributed by atoms with Crippen molar-refractivity contribution in [2.24, 2.45) is 0 Å². The number of nitrogens with zero attached hydrogens (tertiary/aromatic N) is 8. The molecular weight excluding hydrogens is 1810 g/mol. The Morgan fingerprint density at radius 2 is 0.399 bits per heavy atom. The van der Waals surface area contributed by atoms with Crippen molar-refractivity contribution in [3.8, 4) is 78.9 Å². The summed E-state index contributed by atoms with van der Waals surface area (Å²) in [6, 6.07) is 194. The highest BCUT2D eigenvalue weighted by Crippen LogP contribution is 2.52. The topological polar surface area (TPSA) is 39.4 Å². The molecule has 9 aromatic heterocycles. The van der Waals surface area contributed by atoms with E-state index < -0.39 is 0 Å². The third-order valence-electron chi connectivity index (χ3n) is 30.5. The maximum Gasteiger partial charge on any atom is 0.0795 e. The van der Waals surface area contributed by atoms with E-state index in [0.29, 0.717) is 0 Å². The van der Waals surface area contributed by atoms with Crippen LogP contribution in [0.15, 0.2) is 534 Å². The predicted molar refractivity (Wildman–Crippen MR) is 630 cm³/mol. The number of hydrogen-bond acceptors (Lipinski definition) is 1. The van der Waals surface area contributed by atoms with Crippen LogP contribution in [0, 0.1) is 0 Å². The lowest BCUT2D eigenvalue weighted by Gasteiger charge is -2.14. The molecule has 32 rings (SSSR count). The normalized spacial score (nSPS) is 11.9. The Kier molecular flexibility index (Phi) is 19.9. The quantitative estimate of drug-likeness (QED) is 0.124. The number of aromatic nitrogens is 8. The van der Waals surface area contributed by atoms with Gasteiger partial charge in [-0.05, 0) is 215 Å². The van der Waals surface area contributed by atoms with Crippen molar-refractivity contribution in [2.45, 2.75) is 7.43 Å². The summed E-state index contributed by atoms with van der Waals surface area (Å²) < 4.78 is 22.2. The number of thiophene rings is 1. The first-order valence-electron chi connectivity index (χ1n) is 50.4. The third kappa shape index (κ3) is 13.2. The van der Waals surface area contributed by atoms with E-state index in [2.05, 4.69) is 570 Å². The predicted octanol–water partition coefficient (Wildman–Crippen LogP) is 37.8. The highest BCUT2D eigenvalue weighted by molar-refractivity contribution is 7.26. The lowest BCUT2D eigenvalue weighted by atomic mass is 9.93. The molecule has 23 aromatic carbocycles. The minimum Gasteiger partial charge on any atom is -0.309 e. The minimum absolute atomic E-state index is 0. The Bertz CT molecular complexity index is 10900. The van der Waals surface area contributed by atoms with Crippen LogP contribution in [0.25, 0.3) is 273 Å². The second-order valence-electron chi connectivity index (χ2n) is 38.4. The molecule has 0 saturated heterocycles. The van der Waals surface area contributed by atoms with Gasteiger partial charge in [0.1, 0.15) is 0 Å². The van der Waals surface area contributed by atoms with Crippen LogP contribution < -0.4 is 0 Å². The maximum atomic E-state index is 2.49. The Labute approximate surface area is 856 Å². The van der Waals surface area contributed by atoms with Gasteiger partial charge >= 0.3 is 0 Å². The SMILES string of the molecule is C.c1ccc(-n2c3ccccc3c3cc(-c4ccc(-n5c6ccccc6c6ccc7c8ccccc8n(-c8ccccc8)c7c65)cc4)ccc32)cc1.c1ccc(-n2c3ccccc3c3cc(-c4cccc(-c5cccc6c5sc5ccccc56)c4)c4c5ccccc5n(-c5ccccc5)c4c32)cc1.c1ccc(-n2c3ccccc3c3cc(-n4c5ccccc5c5ccc6c7ccccc7n(-c7ccccc7)c6c54)ccc32)cc1. The second kappa shape index (κ2) is 34.5. The molecule has 0 amide bonds. The monoisotopic (exact) mass is 1900 g/mol. The summed E-state index contributed by atoms with van der Waals surface area (Å²) in [6.07, 6.45) is 0. The summed E-state index contributed by atoms with van der Waals surface area (Å²) in [6.45, 7) is 0. The lowest BCUT2D eigenvalue weighted by Crippen LogP contribution is -1.99. The molecule has 9 heterocycles. The third-order valence-corrected chi connectivity index (χ3v) is 31.7. The van der Waals surface area contributed by atoms with E-state index in [1.807, 2.05) is 11.3 Å². The number of para-hydroxylation sites is 14. The summed E-state index contributed by atoms with van der Waals surface area (Å²) in [7, 11) is 0. The summed E-state index contributed by atoms with van der Waals surface area (Å²) in [5, 5.41) is 22.7. The van der Waals surface area contributed by atoms with E-state index in [9.17, 15) is 0 Å². The fraction of sp³-hybridized carbons (Fsp3) is 0.00719. The Hall–Kier alpha value is -19.3. The zero-order chi connectivity index (χ0) is 96.4. The van der Waals surface area contributed by atoms with Crippen molar-refractivity contribution in [1.29, 1.82) is 0 Å². The summed E-state index contributed by atoms with van der Waals surface area (Å²) in [5.41, 5.74) is 36.0. The standard InChI is InChI=1S/C48H31N3.C48H30N2S.C42H27N3.CH4/c1-3-13-34(14-4-1)49-43-20-10-9-19-39(43)42-31-33(25-30-46(42)49)32-23-26-36(27-24-32)51-45-22-12-8-18-38(45)41-29-28-40-37-17-7-11-21-44(37)50(47(40)48(41)51)35-15-5-2-6-16-35;1-3-17-33(18-4-1)49-42-26-10-7-21-36(42)41-30-40(45-39-23-8-11-27-43(39)50(47(45)46(41)49)34-19-5-2-6-20-34)32-16-13-15-31(29-32)35-24-14-25-38-37-22-9-12-28-44(37)51-48(35)38;1-3-13-28(14-4-1)43-37-20-10-9-19-33(37)36-27-30(23-26-40(36)43)45-39-22-12-8-18-32(39)35-25-24-34-31-17-7-11-21-38(31)44(41(34)42(35)45)29-15-5-2-6-16-29;/h1-31H;1-30H;1-27H;1H4. The van der Waals surface area contributed by atoms with E-state index in [1.54, 1.807) is 0 Å². The van der Waals surface area contributed by atoms with Crippen molar-refractivity contribution < 1.29 is 0 Å². The van der Waals surface area contributed by atoms with E-state index in [-0.39, 0.29) is 7.43 Å². The number of rotatable bonds is 11. The van der Waals surface area contributed by atoms with E-state index in [0.717, 1.165) is 34.1 Å². The molecule has 0 saturated carbocycles. The van der Waals surface area contributed by atoms with Crippen molar-refractivity contribution in [3.63, 3.8) is 0 Å². The molecule has 0 aliphatic heterocycles. The van der Waals surface area contributed by atoms with Crippen LogP contribution in [0.1, 0.15) is 7.43 Å². The van der Waals surface area contributed by atoms with Gasteiger partial charge in [-0.2, -0.15) is 0 Å². The van der Waals surface area contributed by atoms with Crippen LogP contribution in [0.5, 0.6) is 0 Å². The molecule has 0 bridgehead atoms. The van der Waals surface area contributed by atoms with Gasteiger partial charge in [-0.25, -0.2) is 0 Å². The first-order chi connectivity index (χ1) is 73.0. The van der Waals surface area contributed by atoms with Crippen LogP contribution in [-0.2, 0) is 0 Å². The molecule has 0 aliphatic carbocycles. The zero-order valence-electron chi connectivity index (χ0n) is 79.8. The van der Waals surface area contributed by atoms with Crippen LogP contribution in [0.4, 0.5) is 0 Å². The van der Waals surface area contributed by atoms with Crippen molar-refractivity contribution in [3.05, 3.63) is 534 Å². The van der Waals surface area contributed by atoms with Crippen LogP contribution >= 0.6 is 11.3 Å². The minimum atomic E-state index is 0. The molecule has 0 atom stereocenters. The molecule has 0 spiro atoms. The van der Waals surface area contributed by atoms with Gasteiger partial charge in [-0.1, -0.05) is 359 Å². The Morgan fingerprint density at radius 1 is 0.128 bits per heavy atom. The maximum absolute atomic E-state index is 2.49. The molecule has 694 valence electrons. The number of fused-ring (bicyclic) bond motifs is 30. The van der Waals surface area contributed by atoms with Crippen LogP contribution in [0.3, 0.4) is 0 Å². The van der Waals surface area contributed by atoms with E-state index in [1.165, 1.54) is 239 Å². The van der Waals surface area contributed by atoms with Gasteiger partial charge in [0.05, 0.1) is 88.3 Å². The largest absolute Gasteiger partial charge is 0.309 e. The van der Waals surface area contributed by atoms with E-state index in [4.69, 9.17) is 0 Å². The van der Waals surface area contributed by atoms with Crippen LogP contribution in [0.2, 0.25) is 0 Å². The highest BCUT2D eigenvalue weighted by atomic mass is 32.1. The molecule has 32 aromatic rings. The van der Waals surface area contributed by atoms with Gasteiger partial charge in [0.2, 0.25) is 0 Å². The van der Waals surface area contributed by atoms with Gasteiger partial charge in [0.15, 0.2) is 0 Å². The van der Waals surface area contributed by atoms with Gasteiger partial charge in [0, 0.05) is 152 Å². The van der Waals surface area contributed by atoms with Crippen molar-refractivity contribution in [2.75, 3.05) is 0 Å². The highest BCUT2D eigenvalue weighted by Gasteiger charge is 2.29. The van der Waals surface area contributed by atoms with Gasteiger partial charge in [-0.3, -0.25) is 0 Å². The molecule has 9 heteroatoms.